The summed E-state index contributed by atoms with van der Waals surface area (Å²) in [5.74, 6) is -1.47. The zero-order valence-corrected chi connectivity index (χ0v) is 18.0. The van der Waals surface area contributed by atoms with Crippen molar-refractivity contribution in [1.29, 1.82) is 0 Å². The number of phenolic OH excluding ortho intramolecular Hbond substituents is 2. The van der Waals surface area contributed by atoms with Gasteiger partial charge in [0.1, 0.15) is 11.5 Å². The van der Waals surface area contributed by atoms with Crippen molar-refractivity contribution < 1.29 is 33.3 Å². The zero-order valence-electron chi connectivity index (χ0n) is 18.0. The number of carboxylic acids is 1. The lowest BCUT2D eigenvalue weighted by atomic mass is 9.53. The Morgan fingerprint density at radius 3 is 2.45 bits per heavy atom. The summed E-state index contributed by atoms with van der Waals surface area (Å²) in [5, 5.41) is 34.4. The summed E-state index contributed by atoms with van der Waals surface area (Å²) in [6, 6.07) is 11.7. The number of carbonyl (C=O) groups is 1. The highest BCUT2D eigenvalue weighted by atomic mass is 19.4. The molecule has 0 unspecified atom stereocenters. The summed E-state index contributed by atoms with van der Waals surface area (Å²) in [7, 11) is 0. The van der Waals surface area contributed by atoms with E-state index in [0.29, 0.717) is 17.7 Å². The second-order valence-corrected chi connectivity index (χ2v) is 9.02. The molecule has 1 aliphatic heterocycles. The van der Waals surface area contributed by atoms with Gasteiger partial charge in [-0.05, 0) is 85.7 Å². The van der Waals surface area contributed by atoms with Gasteiger partial charge in [0.25, 0.3) is 0 Å². The van der Waals surface area contributed by atoms with Crippen LogP contribution in [0.5, 0.6) is 11.5 Å². The summed E-state index contributed by atoms with van der Waals surface area (Å²) in [6.07, 6.45) is 2.36. The van der Waals surface area contributed by atoms with Crippen LogP contribution in [0.4, 0.5) is 24.5 Å². The number of piperidine rings is 1. The van der Waals surface area contributed by atoms with Crippen LogP contribution in [0.1, 0.15) is 43.2 Å². The van der Waals surface area contributed by atoms with Gasteiger partial charge in [-0.25, -0.2) is 4.79 Å². The number of carboxylic acid groups (broad SMARTS) is 1. The van der Waals surface area contributed by atoms with Crippen LogP contribution >= 0.6 is 0 Å². The van der Waals surface area contributed by atoms with Crippen LogP contribution in [0.25, 0.3) is 0 Å². The number of aliphatic carboxylic acids is 1. The third-order valence-electron chi connectivity index (χ3n) is 7.15. The molecular weight excluding hydrogens is 437 g/mol. The minimum Gasteiger partial charge on any atom is -0.508 e. The normalized spacial score (nSPS) is 25.7. The maximum atomic E-state index is 10.7. The van der Waals surface area contributed by atoms with E-state index < -0.39 is 12.1 Å². The van der Waals surface area contributed by atoms with E-state index in [0.717, 1.165) is 24.3 Å². The third kappa shape index (κ3) is 4.59. The Bertz CT molecular complexity index is 1020. The van der Waals surface area contributed by atoms with Crippen LogP contribution in [0.15, 0.2) is 36.4 Å². The molecule has 0 amide bonds. The first-order valence-electron chi connectivity index (χ1n) is 11.1. The lowest BCUT2D eigenvalue weighted by Crippen LogP contribution is -2.59. The molecule has 6 nitrogen and oxygen atoms in total. The van der Waals surface area contributed by atoms with Gasteiger partial charge in [0.05, 0.1) is 5.69 Å². The average molecular weight is 464 g/mol. The smallest absolute Gasteiger partial charge is 0.490 e. The highest BCUT2D eigenvalue weighted by Crippen LogP contribution is 2.55. The Morgan fingerprint density at radius 2 is 1.79 bits per heavy atom. The van der Waals surface area contributed by atoms with E-state index in [2.05, 4.69) is 16.7 Å². The Hall–Kier alpha value is -2.94. The zero-order chi connectivity index (χ0) is 23.8. The molecule has 2 aromatic rings. The van der Waals surface area contributed by atoms with Crippen molar-refractivity contribution in [3.05, 3.63) is 47.5 Å². The number of phenols is 2. The fraction of sp³-hybridized carbons (Fsp3) is 0.458. The first-order chi connectivity index (χ1) is 15.6. The summed E-state index contributed by atoms with van der Waals surface area (Å²) in [6.45, 7) is 1.09. The second-order valence-electron chi connectivity index (χ2n) is 9.02. The van der Waals surface area contributed by atoms with Gasteiger partial charge in [-0.3, -0.25) is 0 Å². The summed E-state index contributed by atoms with van der Waals surface area (Å²) in [4.78, 5) is 8.90. The largest absolute Gasteiger partial charge is 0.508 e. The number of nitrogens with one attached hydrogen (secondary N) is 2. The van der Waals surface area contributed by atoms with Crippen molar-refractivity contribution in [2.75, 3.05) is 11.9 Å². The average Bonchev–Trinajstić information content (AvgIpc) is 2.76. The number of hydrogen-bond donors (Lipinski definition) is 5. The predicted molar refractivity (Wildman–Crippen MR) is 117 cm³/mol. The monoisotopic (exact) mass is 464 g/mol. The van der Waals surface area contributed by atoms with Crippen molar-refractivity contribution >= 4 is 17.3 Å². The number of hydrogen-bond acceptors (Lipinski definition) is 5. The van der Waals surface area contributed by atoms with Gasteiger partial charge in [-0.15, -0.1) is 0 Å². The molecule has 1 heterocycles. The molecule has 3 atom stereocenters. The molecule has 5 rings (SSSR count). The molecule has 2 fully saturated rings. The van der Waals surface area contributed by atoms with Gasteiger partial charge in [0.2, 0.25) is 0 Å². The molecule has 0 aromatic heterocycles. The van der Waals surface area contributed by atoms with Crippen molar-refractivity contribution in [3.63, 3.8) is 0 Å². The Morgan fingerprint density at radius 1 is 1.09 bits per heavy atom. The fourth-order valence-electron chi connectivity index (χ4n) is 5.77. The number of fused-ring (bicyclic) bond motifs is 1. The predicted octanol–water partition coefficient (Wildman–Crippen LogP) is 4.82. The number of rotatable bonds is 2. The molecule has 1 saturated carbocycles. The Balaban J connectivity index is 0.000000325. The van der Waals surface area contributed by atoms with E-state index in [-0.39, 0.29) is 11.2 Å². The Labute approximate surface area is 189 Å². The van der Waals surface area contributed by atoms with Crippen molar-refractivity contribution in [1.82, 2.24) is 5.32 Å². The van der Waals surface area contributed by atoms with Crippen LogP contribution in [0, 0.1) is 5.92 Å². The molecule has 0 spiro atoms. The molecule has 2 bridgehead atoms. The van der Waals surface area contributed by atoms with E-state index in [1.165, 1.54) is 43.2 Å². The maximum absolute atomic E-state index is 10.7. The number of anilines is 2. The van der Waals surface area contributed by atoms with Crippen LogP contribution in [-0.2, 0) is 16.6 Å². The van der Waals surface area contributed by atoms with E-state index in [1.54, 1.807) is 12.1 Å². The van der Waals surface area contributed by atoms with Gasteiger partial charge in [-0.1, -0.05) is 12.8 Å². The van der Waals surface area contributed by atoms with E-state index in [9.17, 15) is 23.4 Å². The molecule has 9 heteroatoms. The third-order valence-corrected chi connectivity index (χ3v) is 7.15. The molecule has 178 valence electrons. The number of halogens is 3. The minimum absolute atomic E-state index is 0.242. The summed E-state index contributed by atoms with van der Waals surface area (Å²) >= 11 is 0. The number of benzene rings is 2. The van der Waals surface area contributed by atoms with Crippen LogP contribution in [0.3, 0.4) is 0 Å². The Kier molecular flexibility index (Phi) is 6.18. The fourth-order valence-corrected chi connectivity index (χ4v) is 5.77. The topological polar surface area (TPSA) is 102 Å². The minimum atomic E-state index is -5.08. The van der Waals surface area contributed by atoms with Crippen LogP contribution in [0.2, 0.25) is 0 Å². The SMILES string of the molecule is O=C(O)C(F)(F)F.Oc1ccc(Nc2cc3c(cc2O)[C@]24CCCC[C@@H]2[C@H](C3)NCC4)cc1. The lowest BCUT2D eigenvalue weighted by molar-refractivity contribution is -0.192. The maximum Gasteiger partial charge on any atom is 0.490 e. The van der Waals surface area contributed by atoms with Crippen LogP contribution < -0.4 is 10.6 Å². The van der Waals surface area contributed by atoms with Gasteiger partial charge in [0.15, 0.2) is 0 Å². The summed E-state index contributed by atoms with van der Waals surface area (Å²) in [5.41, 5.74) is 4.64. The summed E-state index contributed by atoms with van der Waals surface area (Å²) < 4.78 is 31.7. The molecule has 2 aromatic carbocycles. The van der Waals surface area contributed by atoms with Gasteiger partial charge >= 0.3 is 12.1 Å². The molecule has 33 heavy (non-hydrogen) atoms. The molecule has 5 N–H and O–H groups in total. The van der Waals surface area contributed by atoms with E-state index >= 15 is 0 Å². The highest BCUT2D eigenvalue weighted by molar-refractivity contribution is 5.73. The second kappa shape index (κ2) is 8.78. The number of alkyl halides is 3. The lowest BCUT2D eigenvalue weighted by Gasteiger charge is -2.56. The highest BCUT2D eigenvalue weighted by Gasteiger charge is 2.51. The van der Waals surface area contributed by atoms with E-state index in [4.69, 9.17) is 9.90 Å². The van der Waals surface area contributed by atoms with E-state index in [1.807, 2.05) is 18.2 Å². The van der Waals surface area contributed by atoms with Crippen molar-refractivity contribution in [3.8, 4) is 11.5 Å². The van der Waals surface area contributed by atoms with Gasteiger partial charge in [0, 0.05) is 17.1 Å². The first kappa shape index (κ1) is 23.2. The quantitative estimate of drug-likeness (QED) is 0.323. The first-order valence-corrected chi connectivity index (χ1v) is 11.1. The van der Waals surface area contributed by atoms with Crippen molar-refractivity contribution in [2.24, 2.45) is 5.92 Å². The molecule has 1 saturated heterocycles. The van der Waals surface area contributed by atoms with Gasteiger partial charge in [-0.2, -0.15) is 13.2 Å². The molecule has 0 radical (unpaired) electrons. The van der Waals surface area contributed by atoms with Crippen LogP contribution in [-0.4, -0.2) is 40.1 Å². The molecule has 3 aliphatic rings. The standard InChI is InChI=1S/C22H26N2O2.C2HF3O2/c25-16-6-4-15(5-7-16)24-20-12-14-11-19-17-3-1-2-8-22(17,9-10-23-19)18(14)13-21(20)26;3-2(4,5)1(6)7/h4-7,12-13,17,19,23-26H,1-3,8-11H2;(H,6,7)/t17-,19+,22+;/m1./s1. The number of aromatic hydroxyl groups is 2. The molecular formula is C24H27F3N2O4. The van der Waals surface area contributed by atoms with Crippen molar-refractivity contribution in [2.45, 2.75) is 56.2 Å². The van der Waals surface area contributed by atoms with Gasteiger partial charge < -0.3 is 26.0 Å². The molecule has 2 aliphatic carbocycles.